The first-order valence-corrected chi connectivity index (χ1v) is 7.80. The predicted molar refractivity (Wildman–Crippen MR) is 81.1 cm³/mol. The monoisotopic (exact) mass is 289 g/mol. The molecule has 1 N–H and O–H groups in total. The van der Waals surface area contributed by atoms with Gasteiger partial charge >= 0.3 is 0 Å². The maximum Gasteiger partial charge on any atom is 0.219 e. The molecular formula is C15H23N5O. The quantitative estimate of drug-likeness (QED) is 0.878. The summed E-state index contributed by atoms with van der Waals surface area (Å²) in [6.45, 7) is 6.07. The van der Waals surface area contributed by atoms with Gasteiger partial charge in [-0.25, -0.2) is 4.98 Å². The first-order valence-electron chi connectivity index (χ1n) is 7.80. The number of carbonyl (C=O) groups is 1. The predicted octanol–water partition coefficient (Wildman–Crippen LogP) is 0.960. The van der Waals surface area contributed by atoms with Gasteiger partial charge in [0, 0.05) is 33.1 Å². The summed E-state index contributed by atoms with van der Waals surface area (Å²) < 4.78 is 0. The summed E-state index contributed by atoms with van der Waals surface area (Å²) in [6, 6.07) is 0.365. The maximum absolute atomic E-state index is 11.5. The normalized spacial score (nSPS) is 23.2. The van der Waals surface area contributed by atoms with Crippen molar-refractivity contribution in [3.63, 3.8) is 0 Å². The second-order valence-corrected chi connectivity index (χ2v) is 5.80. The lowest BCUT2D eigenvalue weighted by atomic mass is 10.2. The number of hydrogen-bond acceptors (Lipinski definition) is 5. The molecule has 21 heavy (non-hydrogen) atoms. The number of carbonyl (C=O) groups excluding carboxylic acids is 1. The van der Waals surface area contributed by atoms with E-state index in [2.05, 4.69) is 20.2 Å². The van der Waals surface area contributed by atoms with Crippen molar-refractivity contribution < 1.29 is 4.79 Å². The van der Waals surface area contributed by atoms with Crippen LogP contribution in [0.15, 0.2) is 12.4 Å². The third-order valence-corrected chi connectivity index (χ3v) is 4.34. The van der Waals surface area contributed by atoms with Gasteiger partial charge in [-0.3, -0.25) is 9.78 Å². The Morgan fingerprint density at radius 3 is 2.76 bits per heavy atom. The molecule has 0 bridgehead atoms. The van der Waals surface area contributed by atoms with Crippen LogP contribution in [0.1, 0.15) is 37.9 Å². The highest BCUT2D eigenvalue weighted by molar-refractivity contribution is 5.73. The zero-order valence-electron chi connectivity index (χ0n) is 12.6. The molecule has 1 atom stereocenters. The van der Waals surface area contributed by atoms with E-state index in [-0.39, 0.29) is 5.91 Å². The van der Waals surface area contributed by atoms with Crippen LogP contribution >= 0.6 is 0 Å². The third-order valence-electron chi connectivity index (χ3n) is 4.34. The second-order valence-electron chi connectivity index (χ2n) is 5.80. The maximum atomic E-state index is 11.5. The first kappa shape index (κ1) is 14.3. The molecule has 0 unspecified atom stereocenters. The fourth-order valence-electron chi connectivity index (χ4n) is 3.07. The summed E-state index contributed by atoms with van der Waals surface area (Å²) in [6.07, 6.45) is 7.10. The molecule has 3 rings (SSSR count). The van der Waals surface area contributed by atoms with Gasteiger partial charge in [0.25, 0.3) is 0 Å². The van der Waals surface area contributed by atoms with E-state index in [1.54, 1.807) is 6.92 Å². The molecule has 2 aliphatic rings. The van der Waals surface area contributed by atoms with Crippen LogP contribution in [0.5, 0.6) is 0 Å². The van der Waals surface area contributed by atoms with Gasteiger partial charge in [-0.2, -0.15) is 0 Å². The molecular weight excluding hydrogens is 266 g/mol. The molecule has 0 radical (unpaired) electrons. The van der Waals surface area contributed by atoms with Gasteiger partial charge in [0.2, 0.25) is 5.91 Å². The van der Waals surface area contributed by atoms with Crippen LogP contribution in [-0.4, -0.2) is 53.5 Å². The molecule has 0 aliphatic carbocycles. The van der Waals surface area contributed by atoms with E-state index in [1.165, 1.54) is 6.42 Å². The molecule has 0 saturated carbocycles. The molecule has 1 amide bonds. The van der Waals surface area contributed by atoms with Crippen LogP contribution < -0.4 is 10.2 Å². The van der Waals surface area contributed by atoms with Crippen molar-refractivity contribution >= 4 is 11.7 Å². The molecule has 6 nitrogen and oxygen atoms in total. The van der Waals surface area contributed by atoms with E-state index in [1.807, 2.05) is 17.3 Å². The van der Waals surface area contributed by atoms with Crippen LogP contribution in [0, 0.1) is 0 Å². The number of aromatic nitrogens is 2. The van der Waals surface area contributed by atoms with Gasteiger partial charge in [0.1, 0.15) is 5.82 Å². The van der Waals surface area contributed by atoms with E-state index in [9.17, 15) is 4.79 Å². The summed E-state index contributed by atoms with van der Waals surface area (Å²) in [4.78, 5) is 24.7. The molecule has 2 aliphatic heterocycles. The number of rotatable bonds is 2. The summed E-state index contributed by atoms with van der Waals surface area (Å²) in [5.41, 5.74) is 1.04. The highest BCUT2D eigenvalue weighted by Crippen LogP contribution is 2.21. The third kappa shape index (κ3) is 3.32. The molecule has 114 valence electrons. The molecule has 6 heteroatoms. The van der Waals surface area contributed by atoms with Crippen molar-refractivity contribution in [2.24, 2.45) is 0 Å². The summed E-state index contributed by atoms with van der Waals surface area (Å²) in [5.74, 6) is 1.08. The summed E-state index contributed by atoms with van der Waals surface area (Å²) in [5, 5.41) is 3.44. The largest absolute Gasteiger partial charge is 0.354 e. The van der Waals surface area contributed by atoms with Gasteiger partial charge in [0.15, 0.2) is 0 Å². The average molecular weight is 289 g/mol. The van der Waals surface area contributed by atoms with E-state index in [4.69, 9.17) is 0 Å². The minimum absolute atomic E-state index is 0.158. The Hall–Kier alpha value is -1.69. The molecule has 2 saturated heterocycles. The fourth-order valence-corrected chi connectivity index (χ4v) is 3.07. The van der Waals surface area contributed by atoms with E-state index < -0.39 is 0 Å². The summed E-state index contributed by atoms with van der Waals surface area (Å²) in [7, 11) is 0. The van der Waals surface area contributed by atoms with Crippen molar-refractivity contribution in [2.75, 3.05) is 37.6 Å². The van der Waals surface area contributed by atoms with Crippen molar-refractivity contribution in [3.05, 3.63) is 18.1 Å². The van der Waals surface area contributed by atoms with Crippen molar-refractivity contribution in [1.29, 1.82) is 0 Å². The lowest BCUT2D eigenvalue weighted by Gasteiger charge is -2.22. The van der Waals surface area contributed by atoms with E-state index in [0.717, 1.165) is 57.1 Å². The molecule has 0 aromatic carbocycles. The van der Waals surface area contributed by atoms with Crippen LogP contribution in [-0.2, 0) is 4.79 Å². The first-order chi connectivity index (χ1) is 10.2. The Balaban J connectivity index is 1.65. The highest BCUT2D eigenvalue weighted by Gasteiger charge is 2.20. The Morgan fingerprint density at radius 2 is 2.10 bits per heavy atom. The minimum Gasteiger partial charge on any atom is -0.354 e. The van der Waals surface area contributed by atoms with Gasteiger partial charge in [-0.15, -0.1) is 0 Å². The number of nitrogens with one attached hydrogen (secondary N) is 1. The van der Waals surface area contributed by atoms with Crippen molar-refractivity contribution in [3.8, 4) is 0 Å². The van der Waals surface area contributed by atoms with Crippen LogP contribution in [0.4, 0.5) is 5.82 Å². The van der Waals surface area contributed by atoms with Crippen molar-refractivity contribution in [1.82, 2.24) is 20.2 Å². The Bertz CT molecular complexity index is 483. The topological polar surface area (TPSA) is 61.4 Å². The lowest BCUT2D eigenvalue weighted by molar-refractivity contribution is -0.128. The molecule has 2 fully saturated rings. The van der Waals surface area contributed by atoms with E-state index >= 15 is 0 Å². The molecule has 1 aromatic rings. The smallest absolute Gasteiger partial charge is 0.219 e. The minimum atomic E-state index is 0.158. The number of amides is 1. The van der Waals surface area contributed by atoms with Crippen LogP contribution in [0.3, 0.4) is 0 Å². The van der Waals surface area contributed by atoms with Gasteiger partial charge in [0.05, 0.1) is 24.1 Å². The number of hydrogen-bond donors (Lipinski definition) is 1. The Morgan fingerprint density at radius 1 is 1.19 bits per heavy atom. The van der Waals surface area contributed by atoms with Gasteiger partial charge < -0.3 is 15.1 Å². The van der Waals surface area contributed by atoms with Crippen molar-refractivity contribution in [2.45, 2.75) is 32.2 Å². The lowest BCUT2D eigenvalue weighted by Crippen LogP contribution is -2.33. The van der Waals surface area contributed by atoms with Crippen LogP contribution in [0.25, 0.3) is 0 Å². The Kier molecular flexibility index (Phi) is 4.34. The molecule has 0 spiro atoms. The van der Waals surface area contributed by atoms with E-state index in [0.29, 0.717) is 6.04 Å². The van der Waals surface area contributed by atoms with Gasteiger partial charge in [-0.05, 0) is 25.8 Å². The van der Waals surface area contributed by atoms with Gasteiger partial charge in [-0.1, -0.05) is 0 Å². The zero-order valence-corrected chi connectivity index (χ0v) is 12.6. The fraction of sp³-hybridized carbons (Fsp3) is 0.667. The SMILES string of the molecule is CC(=O)N1CCCN(c2cnc([C@H]3CCCN3)cn2)CC1. The highest BCUT2D eigenvalue weighted by atomic mass is 16.2. The number of nitrogens with zero attached hydrogens (tertiary/aromatic N) is 4. The average Bonchev–Trinajstić information content (AvgIpc) is 2.91. The standard InChI is InChI=1S/C15H23N5O/c1-12(21)19-6-3-7-20(9-8-19)15-11-17-14(10-18-15)13-4-2-5-16-13/h10-11,13,16H,2-9H2,1H3/t13-/m1/s1. The summed E-state index contributed by atoms with van der Waals surface area (Å²) >= 11 is 0. The zero-order chi connectivity index (χ0) is 14.7. The Labute approximate surface area is 125 Å². The second kappa shape index (κ2) is 6.39. The van der Waals surface area contributed by atoms with Crippen LogP contribution in [0.2, 0.25) is 0 Å². The molecule has 3 heterocycles. The molecule has 1 aromatic heterocycles. The number of anilines is 1.